The third kappa shape index (κ3) is 25.8. The van der Waals surface area contributed by atoms with Crippen LogP contribution in [-0.4, -0.2) is 39.1 Å². The molecule has 0 amide bonds. The number of unbranched alkanes of at least 4 members (excludes halogenated alkanes) is 1. The van der Waals surface area contributed by atoms with Crippen molar-refractivity contribution >= 4 is 0 Å². The standard InChI is InChI=1S/C5H12O.C3H8O2/c1-3-4-5-6-2;1-5-3-2-4/h3-5H2,1-2H3;4H,2-3H2,1H3. The number of aliphatic hydroxyl groups is 1. The molecule has 0 fully saturated rings. The van der Waals surface area contributed by atoms with Gasteiger partial charge < -0.3 is 14.6 Å². The smallest absolute Gasteiger partial charge is 0.0693 e. The van der Waals surface area contributed by atoms with Crippen LogP contribution < -0.4 is 0 Å². The van der Waals surface area contributed by atoms with Gasteiger partial charge >= 0.3 is 0 Å². The van der Waals surface area contributed by atoms with Crippen molar-refractivity contribution in [1.29, 1.82) is 0 Å². The van der Waals surface area contributed by atoms with Gasteiger partial charge in [-0.25, -0.2) is 0 Å². The molecule has 0 bridgehead atoms. The van der Waals surface area contributed by atoms with Crippen LogP contribution in [-0.2, 0) is 9.47 Å². The summed E-state index contributed by atoms with van der Waals surface area (Å²) >= 11 is 0. The van der Waals surface area contributed by atoms with Gasteiger partial charge in [-0.05, 0) is 6.42 Å². The van der Waals surface area contributed by atoms with Gasteiger partial charge in [0, 0.05) is 20.8 Å². The molecule has 0 aliphatic carbocycles. The summed E-state index contributed by atoms with van der Waals surface area (Å²) in [6.45, 7) is 3.63. The van der Waals surface area contributed by atoms with Crippen LogP contribution in [0.15, 0.2) is 0 Å². The molecule has 0 aromatic rings. The molecule has 0 atom stereocenters. The molecule has 0 aliphatic rings. The van der Waals surface area contributed by atoms with E-state index in [-0.39, 0.29) is 6.61 Å². The molecule has 0 heterocycles. The minimum atomic E-state index is 0.122. The zero-order valence-electron chi connectivity index (χ0n) is 7.80. The van der Waals surface area contributed by atoms with Crippen LogP contribution in [0, 0.1) is 0 Å². The maximum Gasteiger partial charge on any atom is 0.0693 e. The van der Waals surface area contributed by atoms with Gasteiger partial charge in [-0.2, -0.15) is 0 Å². The molecular weight excluding hydrogens is 144 g/mol. The van der Waals surface area contributed by atoms with E-state index in [9.17, 15) is 0 Å². The van der Waals surface area contributed by atoms with Crippen molar-refractivity contribution in [2.45, 2.75) is 19.8 Å². The molecule has 70 valence electrons. The molecule has 0 aliphatic heterocycles. The van der Waals surface area contributed by atoms with Crippen molar-refractivity contribution in [2.24, 2.45) is 0 Å². The van der Waals surface area contributed by atoms with Crippen molar-refractivity contribution in [3.8, 4) is 0 Å². The predicted octanol–water partition coefficient (Wildman–Crippen LogP) is 1.06. The number of hydrogen-bond acceptors (Lipinski definition) is 3. The van der Waals surface area contributed by atoms with E-state index in [0.29, 0.717) is 6.61 Å². The lowest BCUT2D eigenvalue weighted by Gasteiger charge is -1.89. The van der Waals surface area contributed by atoms with Gasteiger partial charge in [0.15, 0.2) is 0 Å². The predicted molar refractivity (Wildman–Crippen MR) is 45.7 cm³/mol. The van der Waals surface area contributed by atoms with Crippen molar-refractivity contribution in [1.82, 2.24) is 0 Å². The molecule has 0 radical (unpaired) electrons. The molecular formula is C8H20O3. The number of hydrogen-bond donors (Lipinski definition) is 1. The van der Waals surface area contributed by atoms with Gasteiger partial charge in [-0.1, -0.05) is 13.3 Å². The summed E-state index contributed by atoms with van der Waals surface area (Å²) in [6.07, 6.45) is 2.42. The zero-order chi connectivity index (χ0) is 8.95. The summed E-state index contributed by atoms with van der Waals surface area (Å²) in [6, 6.07) is 0. The monoisotopic (exact) mass is 164 g/mol. The van der Waals surface area contributed by atoms with E-state index >= 15 is 0 Å². The Bertz CT molecular complexity index is 42.6. The van der Waals surface area contributed by atoms with Crippen molar-refractivity contribution in [2.75, 3.05) is 34.0 Å². The number of rotatable bonds is 5. The molecule has 1 N–H and O–H groups in total. The van der Waals surface area contributed by atoms with Crippen LogP contribution in [0.2, 0.25) is 0 Å². The Morgan fingerprint density at radius 1 is 1.09 bits per heavy atom. The summed E-state index contributed by atoms with van der Waals surface area (Å²) in [7, 11) is 3.28. The van der Waals surface area contributed by atoms with Crippen molar-refractivity contribution in [3.63, 3.8) is 0 Å². The largest absolute Gasteiger partial charge is 0.394 e. The first-order valence-corrected chi connectivity index (χ1v) is 3.92. The van der Waals surface area contributed by atoms with Crippen LogP contribution in [0.25, 0.3) is 0 Å². The fourth-order valence-corrected chi connectivity index (χ4v) is 0.380. The van der Waals surface area contributed by atoms with Gasteiger partial charge in [0.05, 0.1) is 13.2 Å². The lowest BCUT2D eigenvalue weighted by atomic mass is 10.4. The number of ether oxygens (including phenoxy) is 2. The summed E-state index contributed by atoms with van der Waals surface area (Å²) in [5.74, 6) is 0. The number of methoxy groups -OCH3 is 2. The topological polar surface area (TPSA) is 38.7 Å². The first-order chi connectivity index (χ1) is 5.33. The lowest BCUT2D eigenvalue weighted by Crippen LogP contribution is -1.91. The van der Waals surface area contributed by atoms with Gasteiger partial charge in [0.25, 0.3) is 0 Å². The highest BCUT2D eigenvalue weighted by Gasteiger charge is 1.74. The van der Waals surface area contributed by atoms with E-state index in [0.717, 1.165) is 6.61 Å². The van der Waals surface area contributed by atoms with Gasteiger partial charge in [-0.3, -0.25) is 0 Å². The molecule has 0 spiro atoms. The van der Waals surface area contributed by atoms with E-state index < -0.39 is 0 Å². The van der Waals surface area contributed by atoms with E-state index in [2.05, 4.69) is 11.7 Å². The SMILES string of the molecule is CCCCOC.COCCO. The Kier molecular flexibility index (Phi) is 20.2. The maximum atomic E-state index is 7.94. The summed E-state index contributed by atoms with van der Waals surface area (Å²) in [4.78, 5) is 0. The number of aliphatic hydroxyl groups excluding tert-OH is 1. The summed E-state index contributed by atoms with van der Waals surface area (Å²) in [5, 5.41) is 7.94. The highest BCUT2D eigenvalue weighted by molar-refractivity contribution is 4.26. The highest BCUT2D eigenvalue weighted by Crippen LogP contribution is 1.83. The Labute approximate surface area is 69.3 Å². The second-order valence-corrected chi connectivity index (χ2v) is 2.06. The molecule has 11 heavy (non-hydrogen) atoms. The zero-order valence-corrected chi connectivity index (χ0v) is 7.80. The third-order valence-electron chi connectivity index (χ3n) is 0.997. The van der Waals surface area contributed by atoms with E-state index in [1.807, 2.05) is 0 Å². The quantitative estimate of drug-likeness (QED) is 0.617. The molecule has 0 saturated heterocycles. The fourth-order valence-electron chi connectivity index (χ4n) is 0.380. The normalized spacial score (nSPS) is 8.73. The molecule has 3 nitrogen and oxygen atoms in total. The van der Waals surface area contributed by atoms with Crippen LogP contribution in [0.4, 0.5) is 0 Å². The minimum Gasteiger partial charge on any atom is -0.394 e. The molecule has 0 aromatic carbocycles. The fraction of sp³-hybridized carbons (Fsp3) is 1.00. The third-order valence-corrected chi connectivity index (χ3v) is 0.997. The molecule has 0 unspecified atom stereocenters. The average molecular weight is 164 g/mol. The lowest BCUT2D eigenvalue weighted by molar-refractivity contribution is 0.135. The van der Waals surface area contributed by atoms with E-state index in [1.54, 1.807) is 14.2 Å². The maximum absolute atomic E-state index is 7.94. The van der Waals surface area contributed by atoms with Crippen LogP contribution in [0.3, 0.4) is 0 Å². The van der Waals surface area contributed by atoms with E-state index in [1.165, 1.54) is 12.8 Å². The highest BCUT2D eigenvalue weighted by atomic mass is 16.5. The first-order valence-electron chi connectivity index (χ1n) is 3.92. The second-order valence-electron chi connectivity index (χ2n) is 2.06. The van der Waals surface area contributed by atoms with Crippen LogP contribution in [0.1, 0.15) is 19.8 Å². The van der Waals surface area contributed by atoms with Crippen LogP contribution in [0.5, 0.6) is 0 Å². The molecule has 3 heteroatoms. The Balaban J connectivity index is 0. The van der Waals surface area contributed by atoms with Gasteiger partial charge in [0.1, 0.15) is 0 Å². The molecule has 0 aromatic heterocycles. The Morgan fingerprint density at radius 3 is 1.73 bits per heavy atom. The summed E-state index contributed by atoms with van der Waals surface area (Å²) < 4.78 is 9.22. The summed E-state index contributed by atoms with van der Waals surface area (Å²) in [5.41, 5.74) is 0. The van der Waals surface area contributed by atoms with E-state index in [4.69, 9.17) is 9.84 Å². The Morgan fingerprint density at radius 2 is 1.64 bits per heavy atom. The van der Waals surface area contributed by atoms with Gasteiger partial charge in [-0.15, -0.1) is 0 Å². The second kappa shape index (κ2) is 16.5. The Hall–Kier alpha value is -0.120. The van der Waals surface area contributed by atoms with Gasteiger partial charge in [0.2, 0.25) is 0 Å². The average Bonchev–Trinajstić information content (AvgIpc) is 2.04. The first kappa shape index (κ1) is 13.5. The van der Waals surface area contributed by atoms with Crippen molar-refractivity contribution < 1.29 is 14.6 Å². The van der Waals surface area contributed by atoms with Crippen molar-refractivity contribution in [3.05, 3.63) is 0 Å². The van der Waals surface area contributed by atoms with Crippen LogP contribution >= 0.6 is 0 Å². The molecule has 0 saturated carbocycles. The molecule has 0 rings (SSSR count). The minimum absolute atomic E-state index is 0.122.